The SMILES string of the molecule is COCCOCCC(=O)OCC(C)=O. The van der Waals surface area contributed by atoms with Crippen LogP contribution in [0.1, 0.15) is 13.3 Å². The lowest BCUT2D eigenvalue weighted by molar-refractivity contribution is -0.148. The fourth-order valence-electron chi connectivity index (χ4n) is 0.654. The summed E-state index contributed by atoms with van der Waals surface area (Å²) >= 11 is 0. The number of ether oxygens (including phenoxy) is 3. The third-order valence-corrected chi connectivity index (χ3v) is 1.32. The first-order chi connectivity index (χ1) is 6.66. The number of rotatable bonds is 8. The number of carbonyl (C=O) groups excluding carboxylic acids is 2. The molecule has 0 N–H and O–H groups in total. The summed E-state index contributed by atoms with van der Waals surface area (Å²) in [5.74, 6) is -0.587. The summed E-state index contributed by atoms with van der Waals surface area (Å²) in [5.41, 5.74) is 0. The second kappa shape index (κ2) is 8.65. The summed E-state index contributed by atoms with van der Waals surface area (Å²) in [6.45, 7) is 2.46. The van der Waals surface area contributed by atoms with Crippen LogP contribution in [0.5, 0.6) is 0 Å². The van der Waals surface area contributed by atoms with Crippen LogP contribution in [0.3, 0.4) is 0 Å². The molecule has 82 valence electrons. The van der Waals surface area contributed by atoms with Crippen molar-refractivity contribution in [2.45, 2.75) is 13.3 Å². The van der Waals surface area contributed by atoms with E-state index in [1.54, 1.807) is 7.11 Å². The highest BCUT2D eigenvalue weighted by Crippen LogP contribution is 1.88. The molecule has 5 heteroatoms. The molecule has 0 unspecified atom stereocenters. The summed E-state index contributed by atoms with van der Waals surface area (Å²) in [4.78, 5) is 21.3. The first kappa shape index (κ1) is 13.1. The van der Waals surface area contributed by atoms with Gasteiger partial charge in [-0.15, -0.1) is 0 Å². The summed E-state index contributed by atoms with van der Waals surface area (Å²) < 4.78 is 14.4. The monoisotopic (exact) mass is 204 g/mol. The maximum absolute atomic E-state index is 10.9. The molecule has 0 saturated carbocycles. The molecule has 0 spiro atoms. The number of hydrogen-bond donors (Lipinski definition) is 0. The molecule has 0 aliphatic carbocycles. The molecular weight excluding hydrogens is 188 g/mol. The van der Waals surface area contributed by atoms with E-state index in [2.05, 4.69) is 4.74 Å². The highest BCUT2D eigenvalue weighted by atomic mass is 16.5. The Balaban J connectivity index is 3.22. The first-order valence-electron chi connectivity index (χ1n) is 4.38. The highest BCUT2D eigenvalue weighted by molar-refractivity contribution is 5.80. The Kier molecular flexibility index (Phi) is 8.07. The molecule has 0 bridgehead atoms. The van der Waals surface area contributed by atoms with E-state index in [0.717, 1.165) is 0 Å². The second-order valence-corrected chi connectivity index (χ2v) is 2.72. The van der Waals surface area contributed by atoms with Crippen LogP contribution >= 0.6 is 0 Å². The van der Waals surface area contributed by atoms with Crippen LogP contribution in [0, 0.1) is 0 Å². The van der Waals surface area contributed by atoms with Crippen molar-refractivity contribution in [1.29, 1.82) is 0 Å². The molecule has 0 aliphatic rings. The smallest absolute Gasteiger partial charge is 0.308 e. The summed E-state index contributed by atoms with van der Waals surface area (Å²) in [6.07, 6.45) is 0.164. The number of ketones is 1. The molecule has 0 rings (SSSR count). The topological polar surface area (TPSA) is 61.8 Å². The van der Waals surface area contributed by atoms with Gasteiger partial charge in [0, 0.05) is 7.11 Å². The van der Waals surface area contributed by atoms with E-state index < -0.39 is 5.97 Å². The van der Waals surface area contributed by atoms with Crippen LogP contribution in [0.25, 0.3) is 0 Å². The Bertz CT molecular complexity index is 178. The van der Waals surface area contributed by atoms with Gasteiger partial charge in [-0.2, -0.15) is 0 Å². The maximum atomic E-state index is 10.9. The van der Waals surface area contributed by atoms with Crippen molar-refractivity contribution in [2.75, 3.05) is 33.5 Å². The van der Waals surface area contributed by atoms with Crippen molar-refractivity contribution >= 4 is 11.8 Å². The van der Waals surface area contributed by atoms with Gasteiger partial charge in [-0.1, -0.05) is 0 Å². The standard InChI is InChI=1S/C9H16O5/c1-8(10)7-14-9(11)3-4-13-6-5-12-2/h3-7H2,1-2H3. The van der Waals surface area contributed by atoms with E-state index in [0.29, 0.717) is 19.8 Å². The van der Waals surface area contributed by atoms with E-state index >= 15 is 0 Å². The lowest BCUT2D eigenvalue weighted by Crippen LogP contribution is -2.14. The summed E-state index contributed by atoms with van der Waals surface area (Å²) in [7, 11) is 1.57. The van der Waals surface area contributed by atoms with E-state index in [-0.39, 0.29) is 18.8 Å². The minimum atomic E-state index is -0.419. The fraction of sp³-hybridized carbons (Fsp3) is 0.778. The van der Waals surface area contributed by atoms with Gasteiger partial charge in [-0.05, 0) is 6.92 Å². The van der Waals surface area contributed by atoms with Gasteiger partial charge in [-0.25, -0.2) is 0 Å². The summed E-state index contributed by atoms with van der Waals surface area (Å²) in [6, 6.07) is 0. The molecule has 0 aliphatic heterocycles. The van der Waals surface area contributed by atoms with Gasteiger partial charge in [0.25, 0.3) is 0 Å². The lowest BCUT2D eigenvalue weighted by Gasteiger charge is -2.03. The molecule has 0 saturated heterocycles. The van der Waals surface area contributed by atoms with Gasteiger partial charge in [0.2, 0.25) is 0 Å². The van der Waals surface area contributed by atoms with Crippen LogP contribution < -0.4 is 0 Å². The van der Waals surface area contributed by atoms with Gasteiger partial charge in [0.15, 0.2) is 5.78 Å². The molecule has 5 nitrogen and oxygen atoms in total. The van der Waals surface area contributed by atoms with E-state index in [1.165, 1.54) is 6.92 Å². The third-order valence-electron chi connectivity index (χ3n) is 1.32. The van der Waals surface area contributed by atoms with Crippen molar-refractivity contribution in [3.05, 3.63) is 0 Å². The number of hydrogen-bond acceptors (Lipinski definition) is 5. The van der Waals surface area contributed by atoms with Crippen molar-refractivity contribution in [2.24, 2.45) is 0 Å². The zero-order chi connectivity index (χ0) is 10.8. The average molecular weight is 204 g/mol. The molecule has 0 heterocycles. The Morgan fingerprint density at radius 2 is 1.86 bits per heavy atom. The number of methoxy groups -OCH3 is 1. The quantitative estimate of drug-likeness (QED) is 0.416. The number of carbonyl (C=O) groups is 2. The van der Waals surface area contributed by atoms with E-state index in [1.807, 2.05) is 0 Å². The van der Waals surface area contributed by atoms with Crippen LogP contribution in [-0.4, -0.2) is 45.3 Å². The predicted molar refractivity (Wildman–Crippen MR) is 49.0 cm³/mol. The number of Topliss-reactive ketones (excluding diaryl/α,β-unsaturated/α-hetero) is 1. The molecule has 0 aromatic heterocycles. The molecular formula is C9H16O5. The highest BCUT2D eigenvalue weighted by Gasteiger charge is 2.03. The lowest BCUT2D eigenvalue weighted by atomic mass is 10.4. The molecule has 0 fully saturated rings. The minimum Gasteiger partial charge on any atom is -0.458 e. The Labute approximate surface area is 83.3 Å². The van der Waals surface area contributed by atoms with Gasteiger partial charge in [0.1, 0.15) is 6.61 Å². The van der Waals surface area contributed by atoms with Crippen molar-refractivity contribution in [3.63, 3.8) is 0 Å². The van der Waals surface area contributed by atoms with Gasteiger partial charge in [-0.3, -0.25) is 9.59 Å². The van der Waals surface area contributed by atoms with Crippen LogP contribution in [-0.2, 0) is 23.8 Å². The molecule has 0 atom stereocenters. The largest absolute Gasteiger partial charge is 0.458 e. The Morgan fingerprint density at radius 3 is 2.43 bits per heavy atom. The van der Waals surface area contributed by atoms with E-state index in [4.69, 9.17) is 9.47 Å². The van der Waals surface area contributed by atoms with Crippen LogP contribution in [0.4, 0.5) is 0 Å². The fourth-order valence-corrected chi connectivity index (χ4v) is 0.654. The minimum absolute atomic E-state index is 0.156. The van der Waals surface area contributed by atoms with Gasteiger partial charge >= 0.3 is 5.97 Å². The second-order valence-electron chi connectivity index (χ2n) is 2.72. The normalized spacial score (nSPS) is 9.86. The average Bonchev–Trinajstić information content (AvgIpc) is 2.14. The van der Waals surface area contributed by atoms with Gasteiger partial charge in [0.05, 0.1) is 26.2 Å². The Morgan fingerprint density at radius 1 is 1.14 bits per heavy atom. The maximum Gasteiger partial charge on any atom is 0.308 e. The zero-order valence-electron chi connectivity index (χ0n) is 8.58. The van der Waals surface area contributed by atoms with Crippen LogP contribution in [0.2, 0.25) is 0 Å². The van der Waals surface area contributed by atoms with Crippen molar-refractivity contribution < 1.29 is 23.8 Å². The predicted octanol–water partition coefficient (Wildman–Crippen LogP) is 0.172. The molecule has 0 aromatic rings. The van der Waals surface area contributed by atoms with E-state index in [9.17, 15) is 9.59 Å². The molecule has 0 amide bonds. The van der Waals surface area contributed by atoms with Gasteiger partial charge < -0.3 is 14.2 Å². The molecule has 0 aromatic carbocycles. The molecule has 0 radical (unpaired) electrons. The number of esters is 1. The third kappa shape index (κ3) is 9.15. The van der Waals surface area contributed by atoms with Crippen molar-refractivity contribution in [3.8, 4) is 0 Å². The first-order valence-corrected chi connectivity index (χ1v) is 4.38. The summed E-state index contributed by atoms with van der Waals surface area (Å²) in [5, 5.41) is 0. The van der Waals surface area contributed by atoms with Crippen molar-refractivity contribution in [1.82, 2.24) is 0 Å². The molecule has 14 heavy (non-hydrogen) atoms. The zero-order valence-corrected chi connectivity index (χ0v) is 8.58. The van der Waals surface area contributed by atoms with Crippen LogP contribution in [0.15, 0.2) is 0 Å². The Hall–Kier alpha value is -0.940.